The van der Waals surface area contributed by atoms with Crippen LogP contribution in [-0.4, -0.2) is 31.4 Å². The molecule has 0 fully saturated rings. The molecule has 27 heavy (non-hydrogen) atoms. The third kappa shape index (κ3) is 7.60. The summed E-state index contributed by atoms with van der Waals surface area (Å²) in [5.74, 6) is -0.596. The monoisotopic (exact) mass is 370 g/mol. The van der Waals surface area contributed by atoms with Gasteiger partial charge in [0, 0.05) is 12.6 Å². The number of benzene rings is 2. The lowest BCUT2D eigenvalue weighted by molar-refractivity contribution is -0.142. The van der Waals surface area contributed by atoms with E-state index in [-0.39, 0.29) is 13.0 Å². The number of carbonyl (C=O) groups is 2. The highest BCUT2D eigenvalue weighted by molar-refractivity contribution is 5.84. The molecule has 2 rings (SSSR count). The van der Waals surface area contributed by atoms with E-state index in [0.29, 0.717) is 6.61 Å². The van der Waals surface area contributed by atoms with Crippen LogP contribution in [-0.2, 0) is 32.3 Å². The van der Waals surface area contributed by atoms with Crippen molar-refractivity contribution in [1.29, 1.82) is 0 Å². The Morgan fingerprint density at radius 3 is 2.19 bits per heavy atom. The topological polar surface area (TPSA) is 86.2 Å². The minimum atomic E-state index is -0.914. The van der Waals surface area contributed by atoms with Gasteiger partial charge < -0.3 is 19.6 Å². The summed E-state index contributed by atoms with van der Waals surface area (Å²) in [6.45, 7) is 0.418. The van der Waals surface area contributed by atoms with Crippen molar-refractivity contribution in [2.24, 2.45) is 5.16 Å². The molecule has 0 aromatic heterocycles. The molecule has 0 bridgehead atoms. The average Bonchev–Trinajstić information content (AvgIpc) is 2.72. The molecule has 7 nitrogen and oxygen atoms in total. The molecule has 0 spiro atoms. The first-order valence-corrected chi connectivity index (χ1v) is 8.42. The van der Waals surface area contributed by atoms with Gasteiger partial charge in [0.15, 0.2) is 0 Å². The van der Waals surface area contributed by atoms with Crippen LogP contribution in [0.25, 0.3) is 0 Å². The smallest absolute Gasteiger partial charge is 0.408 e. The predicted molar refractivity (Wildman–Crippen MR) is 99.9 cm³/mol. The predicted octanol–water partition coefficient (Wildman–Crippen LogP) is 3.05. The van der Waals surface area contributed by atoms with E-state index in [0.717, 1.165) is 11.1 Å². The molecule has 7 heteroatoms. The fraction of sp³-hybridized carbons (Fsp3) is 0.250. The number of rotatable bonds is 9. The van der Waals surface area contributed by atoms with E-state index in [4.69, 9.17) is 14.3 Å². The molecule has 1 amide bonds. The molecule has 1 N–H and O–H groups in total. The SMILES string of the molecule is COC(=O)[C@H](C/C=N/OCc1ccccc1)NC(=O)OCc1ccccc1. The van der Waals surface area contributed by atoms with Crippen LogP contribution >= 0.6 is 0 Å². The summed E-state index contributed by atoms with van der Waals surface area (Å²) in [6.07, 6.45) is 0.803. The summed E-state index contributed by atoms with van der Waals surface area (Å²) in [6, 6.07) is 17.9. The summed E-state index contributed by atoms with van der Waals surface area (Å²) in [7, 11) is 1.25. The van der Waals surface area contributed by atoms with Gasteiger partial charge >= 0.3 is 12.1 Å². The number of oxime groups is 1. The van der Waals surface area contributed by atoms with Gasteiger partial charge in [0.25, 0.3) is 0 Å². The third-order valence-corrected chi connectivity index (χ3v) is 3.55. The molecular formula is C20H22N2O5. The van der Waals surface area contributed by atoms with Crippen molar-refractivity contribution < 1.29 is 23.9 Å². The Morgan fingerprint density at radius 1 is 1.00 bits per heavy atom. The maximum absolute atomic E-state index is 11.9. The maximum Gasteiger partial charge on any atom is 0.408 e. The van der Waals surface area contributed by atoms with Crippen molar-refractivity contribution in [3.05, 3.63) is 71.8 Å². The first-order valence-electron chi connectivity index (χ1n) is 8.42. The van der Waals surface area contributed by atoms with Crippen molar-refractivity contribution in [2.45, 2.75) is 25.7 Å². The highest BCUT2D eigenvalue weighted by Gasteiger charge is 2.21. The lowest BCUT2D eigenvalue weighted by atomic mass is 10.2. The summed E-state index contributed by atoms with van der Waals surface area (Å²) in [5, 5.41) is 6.26. The Bertz CT molecular complexity index is 735. The molecule has 0 unspecified atom stereocenters. The number of nitrogens with zero attached hydrogens (tertiary/aromatic N) is 1. The Labute approximate surface area is 157 Å². The zero-order chi connectivity index (χ0) is 19.3. The van der Waals surface area contributed by atoms with Gasteiger partial charge in [-0.05, 0) is 11.1 Å². The molecule has 0 aliphatic rings. The van der Waals surface area contributed by atoms with E-state index in [2.05, 4.69) is 10.5 Å². The highest BCUT2D eigenvalue weighted by Crippen LogP contribution is 2.03. The minimum absolute atomic E-state index is 0.106. The minimum Gasteiger partial charge on any atom is -0.467 e. The van der Waals surface area contributed by atoms with E-state index >= 15 is 0 Å². The van der Waals surface area contributed by atoms with Crippen molar-refractivity contribution in [2.75, 3.05) is 7.11 Å². The van der Waals surface area contributed by atoms with Crippen molar-refractivity contribution in [3.8, 4) is 0 Å². The zero-order valence-electron chi connectivity index (χ0n) is 15.0. The van der Waals surface area contributed by atoms with Crippen LogP contribution in [0.4, 0.5) is 4.79 Å². The molecule has 1 atom stereocenters. The largest absolute Gasteiger partial charge is 0.467 e. The second-order valence-corrected chi connectivity index (χ2v) is 5.56. The summed E-state index contributed by atoms with van der Waals surface area (Å²) < 4.78 is 9.80. The molecular weight excluding hydrogens is 348 g/mol. The average molecular weight is 370 g/mol. The van der Waals surface area contributed by atoms with Crippen LogP contribution in [0.2, 0.25) is 0 Å². The molecule has 0 aliphatic carbocycles. The Hall–Kier alpha value is -3.35. The third-order valence-electron chi connectivity index (χ3n) is 3.55. The molecule has 0 saturated carbocycles. The first kappa shape index (κ1) is 20.0. The number of hydrogen-bond acceptors (Lipinski definition) is 6. The number of esters is 1. The van der Waals surface area contributed by atoms with E-state index < -0.39 is 18.1 Å². The molecule has 0 radical (unpaired) electrons. The number of alkyl carbamates (subject to hydrolysis) is 1. The second-order valence-electron chi connectivity index (χ2n) is 5.56. The van der Waals surface area contributed by atoms with Crippen LogP contribution in [0.1, 0.15) is 17.5 Å². The molecule has 0 heterocycles. The lowest BCUT2D eigenvalue weighted by Crippen LogP contribution is -2.42. The normalized spacial score (nSPS) is 11.6. The Kier molecular flexibility index (Phi) is 8.36. The maximum atomic E-state index is 11.9. The molecule has 0 saturated heterocycles. The van der Waals surface area contributed by atoms with Crippen LogP contribution in [0.3, 0.4) is 0 Å². The number of carbonyl (C=O) groups excluding carboxylic acids is 2. The Morgan fingerprint density at radius 2 is 1.59 bits per heavy atom. The molecule has 2 aromatic rings. The number of hydrogen-bond donors (Lipinski definition) is 1. The highest BCUT2D eigenvalue weighted by atomic mass is 16.6. The zero-order valence-corrected chi connectivity index (χ0v) is 15.0. The lowest BCUT2D eigenvalue weighted by Gasteiger charge is -2.14. The number of amides is 1. The standard InChI is InChI=1S/C20H22N2O5/c1-25-19(23)18(12-13-21-27-15-17-10-6-3-7-11-17)22-20(24)26-14-16-8-4-2-5-9-16/h2-11,13,18H,12,14-15H2,1H3,(H,22,24)/b21-13+/t18-/m0/s1. The van der Waals surface area contributed by atoms with Gasteiger partial charge in [0.1, 0.15) is 19.3 Å². The van der Waals surface area contributed by atoms with Gasteiger partial charge in [-0.2, -0.15) is 0 Å². The van der Waals surface area contributed by atoms with Crippen LogP contribution in [0.15, 0.2) is 65.8 Å². The van der Waals surface area contributed by atoms with Gasteiger partial charge in [0.05, 0.1) is 7.11 Å². The van der Waals surface area contributed by atoms with Crippen LogP contribution in [0.5, 0.6) is 0 Å². The fourth-order valence-corrected chi connectivity index (χ4v) is 2.15. The molecule has 142 valence electrons. The van der Waals surface area contributed by atoms with Crippen molar-refractivity contribution in [1.82, 2.24) is 5.32 Å². The van der Waals surface area contributed by atoms with E-state index in [9.17, 15) is 9.59 Å². The second kappa shape index (κ2) is 11.3. The number of ether oxygens (including phenoxy) is 2. The number of nitrogens with one attached hydrogen (secondary N) is 1. The summed E-state index contributed by atoms with van der Waals surface area (Å²) in [4.78, 5) is 28.9. The van der Waals surface area contributed by atoms with Crippen molar-refractivity contribution in [3.63, 3.8) is 0 Å². The van der Waals surface area contributed by atoms with Gasteiger partial charge in [-0.3, -0.25) is 0 Å². The summed E-state index contributed by atoms with van der Waals surface area (Å²) in [5.41, 5.74) is 1.82. The van der Waals surface area contributed by atoms with Crippen LogP contribution < -0.4 is 5.32 Å². The number of methoxy groups -OCH3 is 1. The van der Waals surface area contributed by atoms with Gasteiger partial charge in [-0.25, -0.2) is 9.59 Å². The van der Waals surface area contributed by atoms with Gasteiger partial charge in [-0.15, -0.1) is 0 Å². The Balaban J connectivity index is 1.77. The van der Waals surface area contributed by atoms with Gasteiger partial charge in [-0.1, -0.05) is 65.8 Å². The van der Waals surface area contributed by atoms with Gasteiger partial charge in [0.2, 0.25) is 0 Å². The molecule has 2 aromatic carbocycles. The molecule has 0 aliphatic heterocycles. The first-order chi connectivity index (χ1) is 13.2. The quantitative estimate of drug-likeness (QED) is 0.416. The van der Waals surface area contributed by atoms with E-state index in [1.54, 1.807) is 0 Å². The fourth-order valence-electron chi connectivity index (χ4n) is 2.15. The van der Waals surface area contributed by atoms with Crippen LogP contribution in [0, 0.1) is 0 Å². The van der Waals surface area contributed by atoms with Crippen molar-refractivity contribution >= 4 is 18.3 Å². The van der Waals surface area contributed by atoms with E-state index in [1.165, 1.54) is 13.3 Å². The summed E-state index contributed by atoms with van der Waals surface area (Å²) >= 11 is 0. The van der Waals surface area contributed by atoms with E-state index in [1.807, 2.05) is 60.7 Å².